The Kier molecular flexibility index (Phi) is 6.40. The van der Waals surface area contributed by atoms with Gasteiger partial charge in [-0.2, -0.15) is 5.26 Å². The summed E-state index contributed by atoms with van der Waals surface area (Å²) in [7, 11) is 0. The Morgan fingerprint density at radius 1 is 1.03 bits per heavy atom. The van der Waals surface area contributed by atoms with E-state index in [1.807, 2.05) is 25.0 Å². The molecule has 0 amide bonds. The molecule has 0 radical (unpaired) electrons. The highest BCUT2D eigenvalue weighted by molar-refractivity contribution is 5.46. The van der Waals surface area contributed by atoms with E-state index in [9.17, 15) is 5.26 Å². The molecule has 196 valence electrons. The topological polar surface area (TPSA) is 83.1 Å². The summed E-state index contributed by atoms with van der Waals surface area (Å²) in [5.74, 6) is 3.75. The lowest BCUT2D eigenvalue weighted by Gasteiger charge is -2.37. The number of rotatable bonds is 6. The van der Waals surface area contributed by atoms with Crippen LogP contribution in [0, 0.1) is 38.0 Å². The van der Waals surface area contributed by atoms with E-state index in [2.05, 4.69) is 57.3 Å². The number of nitrogens with zero attached hydrogens (tertiary/aromatic N) is 7. The standard InChI is InChI=1S/C30H35N7O/c1-19-13-25(14-26(16-31)20(19)2)28-9-12-38-37(28)21(3)23-7-10-35(11-8-23)29-15-30(33-18-32-29)36-17-27(24-5-6-24)34-22(36)4/h13-15,17-18,23-24,28H,3,5-12H2,1-2,4H3/t28-/m0/s1. The van der Waals surface area contributed by atoms with E-state index >= 15 is 0 Å². The monoisotopic (exact) mass is 509 g/mol. The predicted molar refractivity (Wildman–Crippen MR) is 146 cm³/mol. The molecule has 0 spiro atoms. The van der Waals surface area contributed by atoms with Crippen molar-refractivity contribution in [3.8, 4) is 11.9 Å². The van der Waals surface area contributed by atoms with Crippen LogP contribution in [-0.2, 0) is 4.84 Å². The Morgan fingerprint density at radius 2 is 1.79 bits per heavy atom. The van der Waals surface area contributed by atoms with E-state index in [0.29, 0.717) is 18.4 Å². The lowest BCUT2D eigenvalue weighted by atomic mass is 9.91. The van der Waals surface area contributed by atoms with Crippen LogP contribution >= 0.6 is 0 Å². The van der Waals surface area contributed by atoms with Gasteiger partial charge >= 0.3 is 0 Å². The lowest BCUT2D eigenvalue weighted by molar-refractivity contribution is -0.110. The second kappa shape index (κ2) is 9.88. The molecule has 2 aromatic heterocycles. The number of aryl methyl sites for hydroxylation is 2. The maximum absolute atomic E-state index is 9.60. The predicted octanol–water partition coefficient (Wildman–Crippen LogP) is 5.45. The van der Waals surface area contributed by atoms with Gasteiger partial charge in [-0.15, -0.1) is 0 Å². The fourth-order valence-electron chi connectivity index (χ4n) is 5.82. The average Bonchev–Trinajstić information content (AvgIpc) is 3.54. The largest absolute Gasteiger partial charge is 0.356 e. The Morgan fingerprint density at radius 3 is 2.53 bits per heavy atom. The third-order valence-corrected chi connectivity index (χ3v) is 8.45. The molecule has 2 saturated heterocycles. The minimum Gasteiger partial charge on any atom is -0.356 e. The highest BCUT2D eigenvalue weighted by Crippen LogP contribution is 2.40. The molecule has 1 aliphatic carbocycles. The first-order valence-corrected chi connectivity index (χ1v) is 13.7. The first kappa shape index (κ1) is 24.6. The molecule has 8 nitrogen and oxygen atoms in total. The first-order chi connectivity index (χ1) is 18.4. The van der Waals surface area contributed by atoms with Gasteiger partial charge in [0.2, 0.25) is 0 Å². The summed E-state index contributed by atoms with van der Waals surface area (Å²) in [6.07, 6.45) is 9.13. The Bertz CT molecular complexity index is 1410. The van der Waals surface area contributed by atoms with Gasteiger partial charge in [0.25, 0.3) is 0 Å². The van der Waals surface area contributed by atoms with Crippen LogP contribution in [0.25, 0.3) is 5.82 Å². The van der Waals surface area contributed by atoms with Gasteiger partial charge in [0, 0.05) is 49.3 Å². The molecular formula is C30H35N7O. The molecule has 38 heavy (non-hydrogen) atoms. The molecule has 8 heteroatoms. The zero-order valence-corrected chi connectivity index (χ0v) is 22.5. The van der Waals surface area contributed by atoms with E-state index < -0.39 is 0 Å². The van der Waals surface area contributed by atoms with E-state index in [1.54, 1.807) is 6.33 Å². The van der Waals surface area contributed by atoms with Crippen molar-refractivity contribution in [2.45, 2.75) is 64.8 Å². The molecule has 1 saturated carbocycles. The van der Waals surface area contributed by atoms with Crippen molar-refractivity contribution in [2.75, 3.05) is 24.6 Å². The van der Waals surface area contributed by atoms with E-state index in [1.165, 1.54) is 18.5 Å². The lowest BCUT2D eigenvalue weighted by Crippen LogP contribution is -2.37. The number of nitriles is 1. The summed E-state index contributed by atoms with van der Waals surface area (Å²) in [5, 5.41) is 11.6. The van der Waals surface area contributed by atoms with Crippen LogP contribution in [0.15, 0.2) is 43.0 Å². The molecule has 1 aromatic carbocycles. The first-order valence-electron chi connectivity index (χ1n) is 13.7. The molecule has 0 unspecified atom stereocenters. The molecule has 1 atom stereocenters. The molecule has 6 rings (SSSR count). The minimum atomic E-state index is 0.0929. The second-order valence-corrected chi connectivity index (χ2v) is 10.9. The number of imidazole rings is 1. The van der Waals surface area contributed by atoms with Gasteiger partial charge in [0.05, 0.1) is 30.0 Å². The zero-order chi connectivity index (χ0) is 26.4. The van der Waals surface area contributed by atoms with Gasteiger partial charge in [0.1, 0.15) is 23.8 Å². The summed E-state index contributed by atoms with van der Waals surface area (Å²) < 4.78 is 2.09. The summed E-state index contributed by atoms with van der Waals surface area (Å²) >= 11 is 0. The number of hydrogen-bond acceptors (Lipinski definition) is 7. The van der Waals surface area contributed by atoms with Crippen molar-refractivity contribution in [1.29, 1.82) is 5.26 Å². The van der Waals surface area contributed by atoms with Crippen LogP contribution in [0.5, 0.6) is 0 Å². The number of aromatic nitrogens is 4. The second-order valence-electron chi connectivity index (χ2n) is 10.9. The number of hydroxylamine groups is 2. The van der Waals surface area contributed by atoms with E-state index in [0.717, 1.165) is 77.8 Å². The van der Waals surface area contributed by atoms with E-state index in [4.69, 9.17) is 9.82 Å². The van der Waals surface area contributed by atoms with Gasteiger partial charge in [-0.3, -0.25) is 14.5 Å². The van der Waals surface area contributed by atoms with Crippen LogP contribution in [0.4, 0.5) is 5.82 Å². The minimum absolute atomic E-state index is 0.0929. The van der Waals surface area contributed by atoms with Crippen molar-refractivity contribution >= 4 is 5.82 Å². The summed E-state index contributed by atoms with van der Waals surface area (Å²) in [6.45, 7) is 13.1. The van der Waals surface area contributed by atoms with Crippen LogP contribution in [-0.4, -0.2) is 44.3 Å². The van der Waals surface area contributed by atoms with Gasteiger partial charge < -0.3 is 4.90 Å². The maximum atomic E-state index is 9.60. The zero-order valence-electron chi connectivity index (χ0n) is 22.5. The van der Waals surface area contributed by atoms with Gasteiger partial charge in [-0.25, -0.2) is 15.0 Å². The normalized spacial score (nSPS) is 20.1. The van der Waals surface area contributed by atoms with Crippen LogP contribution in [0.2, 0.25) is 0 Å². The van der Waals surface area contributed by atoms with Crippen molar-refractivity contribution in [2.24, 2.45) is 5.92 Å². The Hall–Kier alpha value is -3.70. The molecule has 3 fully saturated rings. The van der Waals surface area contributed by atoms with Gasteiger partial charge in [-0.05, 0) is 69.2 Å². The van der Waals surface area contributed by atoms with Crippen molar-refractivity contribution in [3.63, 3.8) is 0 Å². The molecular weight excluding hydrogens is 474 g/mol. The highest BCUT2D eigenvalue weighted by atomic mass is 16.7. The Labute approximate surface area is 224 Å². The molecule has 0 N–H and O–H groups in total. The van der Waals surface area contributed by atoms with Crippen molar-refractivity contribution in [1.82, 2.24) is 24.6 Å². The number of benzene rings is 1. The summed E-state index contributed by atoms with van der Waals surface area (Å²) in [6, 6.07) is 8.74. The molecule has 2 aliphatic heterocycles. The fourth-order valence-corrected chi connectivity index (χ4v) is 5.82. The molecule has 3 aromatic rings. The quantitative estimate of drug-likeness (QED) is 0.437. The smallest absolute Gasteiger partial charge is 0.143 e. The molecule has 3 aliphatic rings. The third-order valence-electron chi connectivity index (χ3n) is 8.45. The SMILES string of the molecule is C=C(C1CCN(c2cc(-n3cc(C4CC4)nc3C)ncn2)CC1)N1OCC[C@H]1c1cc(C)c(C)c(C#N)c1. The number of anilines is 1. The van der Waals surface area contributed by atoms with E-state index in [-0.39, 0.29) is 6.04 Å². The molecule has 0 bridgehead atoms. The highest BCUT2D eigenvalue weighted by Gasteiger charge is 2.34. The number of allylic oxidation sites excluding steroid dienone is 1. The fraction of sp³-hybridized carbons (Fsp3) is 0.467. The summed E-state index contributed by atoms with van der Waals surface area (Å²) in [5.41, 5.74) is 6.28. The van der Waals surface area contributed by atoms with Crippen molar-refractivity contribution in [3.05, 3.63) is 76.8 Å². The number of piperidine rings is 1. The average molecular weight is 510 g/mol. The molecule has 4 heterocycles. The Balaban J connectivity index is 1.13. The van der Waals surface area contributed by atoms with Gasteiger partial charge in [-0.1, -0.05) is 12.6 Å². The number of hydrogen-bond donors (Lipinski definition) is 0. The van der Waals surface area contributed by atoms with Crippen LogP contribution in [0.1, 0.15) is 77.8 Å². The van der Waals surface area contributed by atoms with Gasteiger partial charge in [0.15, 0.2) is 0 Å². The van der Waals surface area contributed by atoms with Crippen LogP contribution in [0.3, 0.4) is 0 Å². The van der Waals surface area contributed by atoms with Crippen LogP contribution < -0.4 is 4.90 Å². The summed E-state index contributed by atoms with van der Waals surface area (Å²) in [4.78, 5) is 22.3. The van der Waals surface area contributed by atoms with Crippen molar-refractivity contribution < 1.29 is 4.84 Å². The maximum Gasteiger partial charge on any atom is 0.143 e. The third kappa shape index (κ3) is 4.56.